The van der Waals surface area contributed by atoms with E-state index in [2.05, 4.69) is 27.7 Å². The van der Waals surface area contributed by atoms with E-state index in [4.69, 9.17) is 4.74 Å². The van der Waals surface area contributed by atoms with E-state index in [0.29, 0.717) is 16.7 Å². The second-order valence-corrected chi connectivity index (χ2v) is 9.17. The number of rotatable bonds is 6. The summed E-state index contributed by atoms with van der Waals surface area (Å²) in [5, 5.41) is 17.2. The minimum absolute atomic E-state index is 0.00446. The van der Waals surface area contributed by atoms with Gasteiger partial charge in [-0.15, -0.1) is 0 Å². The van der Waals surface area contributed by atoms with Crippen molar-refractivity contribution < 1.29 is 19.0 Å². The van der Waals surface area contributed by atoms with Crippen LogP contribution in [0.1, 0.15) is 26.2 Å². The molecule has 2 fully saturated rings. The standard InChI is InChI=1S/C28H30FN3O3/c1-18(33)31-27-25(29)16-20(17-26(27)35-22-7-3-8-22)24-10-4-9-23(28(24)34)19-5-2-6-21(15-19)32-13-11-30-12-14-32/h2,4-6,9-10,15-17,22,30,34H,3,7-8,11-14H2,1H3,(H,31,33). The molecule has 1 aliphatic carbocycles. The number of amides is 1. The maximum Gasteiger partial charge on any atom is 0.221 e. The van der Waals surface area contributed by atoms with Crippen LogP contribution in [-0.2, 0) is 4.79 Å². The Morgan fingerprint density at radius 1 is 1.06 bits per heavy atom. The Morgan fingerprint density at radius 2 is 1.77 bits per heavy atom. The number of ether oxygens (including phenoxy) is 1. The molecule has 0 unspecified atom stereocenters. The number of phenolic OH excluding ortho intramolecular Hbond substituents is 1. The Hall–Kier alpha value is -3.58. The largest absolute Gasteiger partial charge is 0.507 e. The minimum Gasteiger partial charge on any atom is -0.507 e. The monoisotopic (exact) mass is 475 g/mol. The molecule has 2 aliphatic rings. The highest BCUT2D eigenvalue weighted by Gasteiger charge is 2.24. The van der Waals surface area contributed by atoms with Gasteiger partial charge in [0, 0.05) is 49.9 Å². The number of hydrogen-bond donors (Lipinski definition) is 3. The number of aromatic hydroxyl groups is 1. The lowest BCUT2D eigenvalue weighted by Gasteiger charge is -2.29. The van der Waals surface area contributed by atoms with Gasteiger partial charge in [0.1, 0.15) is 17.2 Å². The molecule has 7 heteroatoms. The van der Waals surface area contributed by atoms with Crippen molar-refractivity contribution >= 4 is 17.3 Å². The number of hydrogen-bond acceptors (Lipinski definition) is 5. The number of anilines is 2. The molecular weight excluding hydrogens is 445 g/mol. The summed E-state index contributed by atoms with van der Waals surface area (Å²) in [6, 6.07) is 16.6. The van der Waals surface area contributed by atoms with Gasteiger partial charge >= 0.3 is 0 Å². The molecule has 3 aromatic rings. The Morgan fingerprint density at radius 3 is 2.46 bits per heavy atom. The van der Waals surface area contributed by atoms with Gasteiger partial charge in [0.25, 0.3) is 0 Å². The van der Waals surface area contributed by atoms with Crippen LogP contribution in [0.25, 0.3) is 22.3 Å². The number of nitrogens with zero attached hydrogens (tertiary/aromatic N) is 1. The molecule has 0 spiro atoms. The van der Waals surface area contributed by atoms with E-state index >= 15 is 4.39 Å². The van der Waals surface area contributed by atoms with Gasteiger partial charge in [0.15, 0.2) is 5.82 Å². The summed E-state index contributed by atoms with van der Waals surface area (Å²) in [6.45, 7) is 5.08. The van der Waals surface area contributed by atoms with Crippen molar-refractivity contribution in [1.82, 2.24) is 5.32 Å². The van der Waals surface area contributed by atoms with E-state index < -0.39 is 5.82 Å². The van der Waals surface area contributed by atoms with E-state index in [1.807, 2.05) is 24.3 Å². The minimum atomic E-state index is -0.600. The number of nitrogens with one attached hydrogen (secondary N) is 2. The average molecular weight is 476 g/mol. The second-order valence-electron chi connectivity index (χ2n) is 9.17. The molecular formula is C28H30FN3O3. The number of piperazine rings is 1. The van der Waals surface area contributed by atoms with Crippen molar-refractivity contribution in [3.05, 3.63) is 60.4 Å². The van der Waals surface area contributed by atoms with Crippen LogP contribution in [0.2, 0.25) is 0 Å². The number of para-hydroxylation sites is 1. The molecule has 0 atom stereocenters. The third-order valence-corrected chi connectivity index (χ3v) is 6.69. The van der Waals surface area contributed by atoms with Crippen molar-refractivity contribution in [2.45, 2.75) is 32.3 Å². The van der Waals surface area contributed by atoms with Crippen LogP contribution in [0.15, 0.2) is 54.6 Å². The molecule has 182 valence electrons. The quantitative estimate of drug-likeness (QED) is 0.459. The SMILES string of the molecule is CC(=O)Nc1c(F)cc(-c2cccc(-c3cccc(N4CCNCC4)c3)c2O)cc1OC1CCC1. The Bertz CT molecular complexity index is 1240. The van der Waals surface area contributed by atoms with Gasteiger partial charge in [-0.05, 0) is 54.7 Å². The maximum atomic E-state index is 15.2. The van der Waals surface area contributed by atoms with E-state index in [1.54, 1.807) is 12.1 Å². The summed E-state index contributed by atoms with van der Waals surface area (Å²) < 4.78 is 21.2. The van der Waals surface area contributed by atoms with Crippen LogP contribution >= 0.6 is 0 Å². The van der Waals surface area contributed by atoms with Crippen molar-refractivity contribution in [3.8, 4) is 33.8 Å². The van der Waals surface area contributed by atoms with Crippen LogP contribution in [0.5, 0.6) is 11.5 Å². The van der Waals surface area contributed by atoms with Crippen molar-refractivity contribution in [2.75, 3.05) is 36.4 Å². The average Bonchev–Trinajstić information content (AvgIpc) is 2.83. The van der Waals surface area contributed by atoms with Crippen molar-refractivity contribution in [2.24, 2.45) is 0 Å². The lowest BCUT2D eigenvalue weighted by atomic mass is 9.95. The molecule has 3 aromatic carbocycles. The number of halogens is 1. The fourth-order valence-corrected chi connectivity index (χ4v) is 4.60. The zero-order valence-corrected chi connectivity index (χ0v) is 19.8. The first-order valence-corrected chi connectivity index (χ1v) is 12.2. The Labute approximate surface area is 204 Å². The molecule has 0 radical (unpaired) electrons. The van der Waals surface area contributed by atoms with Gasteiger partial charge in [-0.25, -0.2) is 4.39 Å². The highest BCUT2D eigenvalue weighted by molar-refractivity contribution is 5.92. The van der Waals surface area contributed by atoms with Gasteiger partial charge < -0.3 is 25.4 Å². The van der Waals surface area contributed by atoms with Crippen LogP contribution in [0.3, 0.4) is 0 Å². The number of carbonyl (C=O) groups is 1. The Balaban J connectivity index is 1.52. The molecule has 1 saturated heterocycles. The highest BCUT2D eigenvalue weighted by atomic mass is 19.1. The van der Waals surface area contributed by atoms with E-state index in [1.165, 1.54) is 13.0 Å². The van der Waals surface area contributed by atoms with Crippen molar-refractivity contribution in [3.63, 3.8) is 0 Å². The lowest BCUT2D eigenvalue weighted by molar-refractivity contribution is -0.114. The molecule has 35 heavy (non-hydrogen) atoms. The third kappa shape index (κ3) is 4.95. The number of phenols is 1. The van der Waals surface area contributed by atoms with Gasteiger partial charge in [-0.2, -0.15) is 0 Å². The first-order valence-electron chi connectivity index (χ1n) is 12.2. The normalized spacial score (nSPS) is 16.0. The van der Waals surface area contributed by atoms with Gasteiger partial charge in [-0.3, -0.25) is 4.79 Å². The molecule has 0 aromatic heterocycles. The first-order chi connectivity index (χ1) is 17.0. The molecule has 5 rings (SSSR count). The molecule has 1 aliphatic heterocycles. The zero-order chi connectivity index (χ0) is 24.4. The highest BCUT2D eigenvalue weighted by Crippen LogP contribution is 2.42. The molecule has 0 bridgehead atoms. The van der Waals surface area contributed by atoms with E-state index in [0.717, 1.165) is 56.7 Å². The van der Waals surface area contributed by atoms with Crippen LogP contribution in [0, 0.1) is 5.82 Å². The summed E-state index contributed by atoms with van der Waals surface area (Å²) in [5.74, 6) is -0.613. The summed E-state index contributed by atoms with van der Waals surface area (Å²) >= 11 is 0. The second kappa shape index (κ2) is 9.96. The molecule has 3 N–H and O–H groups in total. The first kappa shape index (κ1) is 23.2. The molecule has 1 heterocycles. The molecule has 1 amide bonds. The lowest BCUT2D eigenvalue weighted by Crippen LogP contribution is -2.43. The molecule has 1 saturated carbocycles. The number of benzene rings is 3. The summed E-state index contributed by atoms with van der Waals surface area (Å²) in [5.41, 5.74) is 3.70. The smallest absolute Gasteiger partial charge is 0.221 e. The summed E-state index contributed by atoms with van der Waals surface area (Å²) in [4.78, 5) is 14.0. The predicted molar refractivity (Wildman–Crippen MR) is 137 cm³/mol. The van der Waals surface area contributed by atoms with E-state index in [9.17, 15) is 9.90 Å². The maximum absolute atomic E-state index is 15.2. The number of carbonyl (C=O) groups excluding carboxylic acids is 1. The summed E-state index contributed by atoms with van der Waals surface area (Å²) in [7, 11) is 0. The van der Waals surface area contributed by atoms with Gasteiger partial charge in [0.05, 0.1) is 6.10 Å². The zero-order valence-electron chi connectivity index (χ0n) is 19.8. The van der Waals surface area contributed by atoms with Crippen molar-refractivity contribution in [1.29, 1.82) is 0 Å². The Kier molecular flexibility index (Phi) is 6.59. The third-order valence-electron chi connectivity index (χ3n) is 6.69. The summed E-state index contributed by atoms with van der Waals surface area (Å²) in [6.07, 6.45) is 2.87. The topological polar surface area (TPSA) is 73.8 Å². The fraction of sp³-hybridized carbons (Fsp3) is 0.321. The molecule has 6 nitrogen and oxygen atoms in total. The van der Waals surface area contributed by atoms with Crippen LogP contribution in [-0.4, -0.2) is 43.3 Å². The van der Waals surface area contributed by atoms with Gasteiger partial charge in [-0.1, -0.05) is 30.3 Å². The predicted octanol–water partition coefficient (Wildman–Crippen LogP) is 5.16. The van der Waals surface area contributed by atoms with Crippen LogP contribution < -0.4 is 20.3 Å². The van der Waals surface area contributed by atoms with E-state index in [-0.39, 0.29) is 29.2 Å². The van der Waals surface area contributed by atoms with Gasteiger partial charge in [0.2, 0.25) is 5.91 Å². The fourth-order valence-electron chi connectivity index (χ4n) is 4.60. The van der Waals surface area contributed by atoms with Crippen LogP contribution in [0.4, 0.5) is 15.8 Å².